The first-order valence-corrected chi connectivity index (χ1v) is 9.54. The van der Waals surface area contributed by atoms with Crippen LogP contribution in [0, 0.1) is 0 Å². The third-order valence-corrected chi connectivity index (χ3v) is 4.69. The third kappa shape index (κ3) is 5.56. The number of esters is 2. The predicted molar refractivity (Wildman–Crippen MR) is 101 cm³/mol. The van der Waals surface area contributed by atoms with E-state index in [9.17, 15) is 9.59 Å². The average Bonchev–Trinajstić information content (AvgIpc) is 2.55. The zero-order valence-electron chi connectivity index (χ0n) is 16.2. The van der Waals surface area contributed by atoms with Gasteiger partial charge in [0.25, 0.3) is 0 Å². The summed E-state index contributed by atoms with van der Waals surface area (Å²) < 4.78 is 10.5. The number of carbonyl (C=O) groups excluding carboxylic acids is 2. The first-order chi connectivity index (χ1) is 12.3. The Balaban J connectivity index is 2.18. The van der Waals surface area contributed by atoms with E-state index in [-0.39, 0.29) is 12.2 Å². The van der Waals surface area contributed by atoms with Gasteiger partial charge in [0.15, 0.2) is 5.92 Å². The summed E-state index contributed by atoms with van der Waals surface area (Å²) in [4.78, 5) is 24.9. The molecule has 0 amide bonds. The molecule has 1 aromatic carbocycles. The van der Waals surface area contributed by atoms with E-state index in [1.54, 1.807) is 27.7 Å². The fourth-order valence-electron chi connectivity index (χ4n) is 3.38. The molecule has 1 fully saturated rings. The van der Waals surface area contributed by atoms with Gasteiger partial charge in [-0.1, -0.05) is 24.3 Å². The van der Waals surface area contributed by atoms with Gasteiger partial charge in [-0.05, 0) is 70.4 Å². The monoisotopic (exact) mass is 361 g/mol. The van der Waals surface area contributed by atoms with E-state index in [0.717, 1.165) is 25.7 Å². The van der Waals surface area contributed by atoms with Gasteiger partial charge in [0.2, 0.25) is 0 Å². The molecule has 2 rings (SSSR count). The van der Waals surface area contributed by atoms with Crippen LogP contribution < -0.4 is 5.73 Å². The SMILES string of the molecule is CC(C)OC(=O)C(C(=O)OC(C)C)c1ccc(C2CCC(N)CC2)cc1. The van der Waals surface area contributed by atoms with Crippen LogP contribution in [0.4, 0.5) is 0 Å². The second-order valence-corrected chi connectivity index (χ2v) is 7.68. The largest absolute Gasteiger partial charge is 0.462 e. The standard InChI is InChI=1S/C21H31NO4/c1-13(2)25-20(23)19(21(24)26-14(3)4)17-7-5-15(6-8-17)16-9-11-18(22)12-10-16/h5-8,13-14,16,18-19H,9-12,22H2,1-4H3. The molecule has 0 saturated heterocycles. The lowest BCUT2D eigenvalue weighted by Crippen LogP contribution is -2.29. The van der Waals surface area contributed by atoms with E-state index in [1.165, 1.54) is 5.56 Å². The van der Waals surface area contributed by atoms with E-state index in [4.69, 9.17) is 15.2 Å². The maximum atomic E-state index is 12.5. The molecule has 1 aliphatic carbocycles. The first kappa shape index (κ1) is 20.4. The molecule has 0 spiro atoms. The van der Waals surface area contributed by atoms with Gasteiger partial charge in [-0.15, -0.1) is 0 Å². The highest BCUT2D eigenvalue weighted by molar-refractivity contribution is 6.00. The molecule has 0 radical (unpaired) electrons. The fourth-order valence-corrected chi connectivity index (χ4v) is 3.38. The normalized spacial score (nSPS) is 20.5. The van der Waals surface area contributed by atoms with Crippen molar-refractivity contribution < 1.29 is 19.1 Å². The van der Waals surface area contributed by atoms with Crippen LogP contribution >= 0.6 is 0 Å². The maximum absolute atomic E-state index is 12.5. The Morgan fingerprint density at radius 3 is 1.77 bits per heavy atom. The summed E-state index contributed by atoms with van der Waals surface area (Å²) in [6, 6.07) is 8.02. The van der Waals surface area contributed by atoms with Crippen LogP contribution in [0.1, 0.15) is 76.3 Å². The van der Waals surface area contributed by atoms with Crippen molar-refractivity contribution in [2.24, 2.45) is 5.73 Å². The number of ether oxygens (including phenoxy) is 2. The van der Waals surface area contributed by atoms with Gasteiger partial charge in [-0.2, -0.15) is 0 Å². The van der Waals surface area contributed by atoms with Gasteiger partial charge in [0.1, 0.15) is 0 Å². The van der Waals surface area contributed by atoms with E-state index in [0.29, 0.717) is 17.5 Å². The van der Waals surface area contributed by atoms with Gasteiger partial charge in [0.05, 0.1) is 12.2 Å². The van der Waals surface area contributed by atoms with Crippen LogP contribution in [-0.2, 0) is 19.1 Å². The van der Waals surface area contributed by atoms with Crippen molar-refractivity contribution in [1.29, 1.82) is 0 Å². The zero-order chi connectivity index (χ0) is 19.3. The molecule has 0 atom stereocenters. The molecule has 0 aliphatic heterocycles. The number of carbonyl (C=O) groups is 2. The van der Waals surface area contributed by atoms with Crippen molar-refractivity contribution in [3.63, 3.8) is 0 Å². The van der Waals surface area contributed by atoms with E-state index in [2.05, 4.69) is 0 Å². The van der Waals surface area contributed by atoms with Gasteiger partial charge < -0.3 is 15.2 Å². The molecular formula is C21H31NO4. The second kappa shape index (κ2) is 9.17. The van der Waals surface area contributed by atoms with Gasteiger partial charge in [0, 0.05) is 6.04 Å². The molecular weight excluding hydrogens is 330 g/mol. The summed E-state index contributed by atoms with van der Waals surface area (Å²) >= 11 is 0. The molecule has 1 aliphatic rings. The molecule has 5 heteroatoms. The highest BCUT2D eigenvalue weighted by Gasteiger charge is 2.33. The minimum absolute atomic E-state index is 0.289. The van der Waals surface area contributed by atoms with Crippen LogP contribution in [0.25, 0.3) is 0 Å². The average molecular weight is 361 g/mol. The summed E-state index contributed by atoms with van der Waals surface area (Å²) in [6.07, 6.45) is 3.65. The second-order valence-electron chi connectivity index (χ2n) is 7.68. The van der Waals surface area contributed by atoms with Gasteiger partial charge >= 0.3 is 11.9 Å². The van der Waals surface area contributed by atoms with Gasteiger partial charge in [-0.25, -0.2) is 0 Å². The van der Waals surface area contributed by atoms with Crippen molar-refractivity contribution in [3.8, 4) is 0 Å². The van der Waals surface area contributed by atoms with Crippen LogP contribution in [0.5, 0.6) is 0 Å². The van der Waals surface area contributed by atoms with Crippen LogP contribution in [0.2, 0.25) is 0 Å². The molecule has 26 heavy (non-hydrogen) atoms. The number of nitrogens with two attached hydrogens (primary N) is 1. The first-order valence-electron chi connectivity index (χ1n) is 9.54. The molecule has 5 nitrogen and oxygen atoms in total. The van der Waals surface area contributed by atoms with Crippen molar-refractivity contribution in [2.75, 3.05) is 0 Å². The highest BCUT2D eigenvalue weighted by Crippen LogP contribution is 2.33. The summed E-state index contributed by atoms with van der Waals surface area (Å²) in [5, 5.41) is 0. The topological polar surface area (TPSA) is 78.6 Å². The Labute approximate surface area is 156 Å². The molecule has 1 aromatic rings. The molecule has 1 saturated carbocycles. The zero-order valence-corrected chi connectivity index (χ0v) is 16.2. The quantitative estimate of drug-likeness (QED) is 0.618. The molecule has 2 N–H and O–H groups in total. The minimum Gasteiger partial charge on any atom is -0.462 e. The van der Waals surface area contributed by atoms with E-state index < -0.39 is 17.9 Å². The minimum atomic E-state index is -1.05. The maximum Gasteiger partial charge on any atom is 0.325 e. The van der Waals surface area contributed by atoms with Crippen LogP contribution in [0.15, 0.2) is 24.3 Å². The number of benzene rings is 1. The Kier molecular flexibility index (Phi) is 7.21. The summed E-state index contributed by atoms with van der Waals surface area (Å²) in [7, 11) is 0. The Morgan fingerprint density at radius 1 is 0.885 bits per heavy atom. The van der Waals surface area contributed by atoms with Crippen LogP contribution in [-0.4, -0.2) is 30.2 Å². The van der Waals surface area contributed by atoms with Crippen molar-refractivity contribution in [3.05, 3.63) is 35.4 Å². The molecule has 0 heterocycles. The smallest absolute Gasteiger partial charge is 0.325 e. The van der Waals surface area contributed by atoms with Gasteiger partial charge in [-0.3, -0.25) is 9.59 Å². The van der Waals surface area contributed by atoms with Crippen molar-refractivity contribution in [2.45, 2.75) is 83.5 Å². The Hall–Kier alpha value is -1.88. The lowest BCUT2D eigenvalue weighted by molar-refractivity contribution is -0.161. The lowest BCUT2D eigenvalue weighted by Gasteiger charge is -2.26. The Bertz CT molecular complexity index is 579. The van der Waals surface area contributed by atoms with Crippen LogP contribution in [0.3, 0.4) is 0 Å². The van der Waals surface area contributed by atoms with Crippen molar-refractivity contribution >= 4 is 11.9 Å². The van der Waals surface area contributed by atoms with Crippen molar-refractivity contribution in [1.82, 2.24) is 0 Å². The summed E-state index contributed by atoms with van der Waals surface area (Å²) in [5.41, 5.74) is 7.82. The van der Waals surface area contributed by atoms with E-state index in [1.807, 2.05) is 24.3 Å². The predicted octanol–water partition coefficient (Wildman–Crippen LogP) is 3.66. The Morgan fingerprint density at radius 2 is 1.35 bits per heavy atom. The number of hydrogen-bond acceptors (Lipinski definition) is 5. The molecule has 0 aromatic heterocycles. The highest BCUT2D eigenvalue weighted by atomic mass is 16.6. The molecule has 0 unspecified atom stereocenters. The lowest BCUT2D eigenvalue weighted by atomic mass is 9.81. The molecule has 0 bridgehead atoms. The third-order valence-electron chi connectivity index (χ3n) is 4.69. The number of rotatable bonds is 6. The summed E-state index contributed by atoms with van der Waals surface area (Å²) in [6.45, 7) is 7.05. The number of hydrogen-bond donors (Lipinski definition) is 1. The summed E-state index contributed by atoms with van der Waals surface area (Å²) in [5.74, 6) is -1.69. The fraction of sp³-hybridized carbons (Fsp3) is 0.619. The van der Waals surface area contributed by atoms with E-state index >= 15 is 0 Å². The molecule has 144 valence electrons.